The minimum atomic E-state index is -3.18. The van der Waals surface area contributed by atoms with E-state index >= 15 is 0 Å². The molecule has 0 atom stereocenters. The Labute approximate surface area is 152 Å². The molecule has 8 heteroatoms. The summed E-state index contributed by atoms with van der Waals surface area (Å²) in [5.74, 6) is 0.142. The van der Waals surface area contributed by atoms with Gasteiger partial charge in [-0.15, -0.1) is 0 Å². The van der Waals surface area contributed by atoms with Crippen LogP contribution < -0.4 is 10.0 Å². The van der Waals surface area contributed by atoms with Gasteiger partial charge in [-0.3, -0.25) is 0 Å². The van der Waals surface area contributed by atoms with E-state index < -0.39 is 15.3 Å². The maximum absolute atomic E-state index is 13.3. The molecule has 1 aromatic carbocycles. The monoisotopic (exact) mass is 385 g/mol. The number of anilines is 1. The highest BCUT2D eigenvalue weighted by molar-refractivity contribution is 7.90. The summed E-state index contributed by atoms with van der Waals surface area (Å²) < 4.78 is 40.5. The second kappa shape index (κ2) is 7.55. The van der Waals surface area contributed by atoms with Crippen LogP contribution in [0.3, 0.4) is 0 Å². The van der Waals surface area contributed by atoms with E-state index in [2.05, 4.69) is 15.0 Å². The number of hydrogen-bond donors (Lipinski definition) is 2. The quantitative estimate of drug-likeness (QED) is 0.795. The van der Waals surface area contributed by atoms with E-state index in [1.54, 1.807) is 19.9 Å². The maximum atomic E-state index is 13.3. The van der Waals surface area contributed by atoms with Gasteiger partial charge in [-0.1, -0.05) is 11.3 Å². The molecule has 138 valence electrons. The number of benzene rings is 1. The van der Waals surface area contributed by atoms with E-state index in [9.17, 15) is 12.8 Å². The lowest BCUT2D eigenvalue weighted by atomic mass is 9.86. The molecule has 25 heavy (non-hydrogen) atoms. The zero-order valence-electron chi connectivity index (χ0n) is 14.5. The largest absolute Gasteiger partial charge is 0.359 e. The number of rotatable bonds is 6. The lowest BCUT2D eigenvalue weighted by Gasteiger charge is -2.29. The number of thiazole rings is 1. The Morgan fingerprint density at radius 3 is 2.68 bits per heavy atom. The topological polar surface area (TPSA) is 71.1 Å². The molecule has 2 aromatic rings. The Balaban J connectivity index is 1.50. The third kappa shape index (κ3) is 4.68. The number of aromatic nitrogens is 1. The van der Waals surface area contributed by atoms with Crippen molar-refractivity contribution >= 4 is 36.7 Å². The van der Waals surface area contributed by atoms with Gasteiger partial charge in [0, 0.05) is 12.6 Å². The van der Waals surface area contributed by atoms with Gasteiger partial charge in [0.25, 0.3) is 0 Å². The first-order valence-electron chi connectivity index (χ1n) is 8.64. The van der Waals surface area contributed by atoms with Gasteiger partial charge in [0.2, 0.25) is 10.0 Å². The van der Waals surface area contributed by atoms with Crippen LogP contribution in [0, 0.1) is 11.7 Å². The first kappa shape index (κ1) is 18.5. The predicted molar refractivity (Wildman–Crippen MR) is 101 cm³/mol. The van der Waals surface area contributed by atoms with Crippen molar-refractivity contribution < 1.29 is 12.8 Å². The molecule has 1 fully saturated rings. The number of sulfonamides is 1. The summed E-state index contributed by atoms with van der Waals surface area (Å²) in [5, 5.41) is 3.88. The van der Waals surface area contributed by atoms with Gasteiger partial charge in [-0.25, -0.2) is 22.5 Å². The molecule has 0 saturated heterocycles. The minimum absolute atomic E-state index is 0.243. The van der Waals surface area contributed by atoms with E-state index in [1.807, 2.05) is 0 Å². The number of nitrogens with zero attached hydrogens (tertiary/aromatic N) is 1. The summed E-state index contributed by atoms with van der Waals surface area (Å²) in [6.45, 7) is 3.90. The molecule has 0 radical (unpaired) electrons. The second-order valence-corrected chi connectivity index (χ2v) is 10.3. The fourth-order valence-electron chi connectivity index (χ4n) is 3.05. The summed E-state index contributed by atoms with van der Waals surface area (Å²) in [6.07, 6.45) is 3.94. The molecule has 5 nitrogen and oxygen atoms in total. The molecule has 3 rings (SSSR count). The minimum Gasteiger partial charge on any atom is -0.359 e. The van der Waals surface area contributed by atoms with Crippen molar-refractivity contribution in [1.82, 2.24) is 9.71 Å². The summed E-state index contributed by atoms with van der Waals surface area (Å²) in [7, 11) is -3.18. The molecule has 0 bridgehead atoms. The highest BCUT2D eigenvalue weighted by Crippen LogP contribution is 2.30. The Morgan fingerprint density at radius 2 is 2.00 bits per heavy atom. The van der Waals surface area contributed by atoms with Crippen LogP contribution in [-0.2, 0) is 10.0 Å². The first-order valence-corrected chi connectivity index (χ1v) is 11.0. The van der Waals surface area contributed by atoms with Crippen LogP contribution in [0.25, 0.3) is 10.2 Å². The highest BCUT2D eigenvalue weighted by Gasteiger charge is 2.24. The fraction of sp³-hybridized carbons (Fsp3) is 0.588. The van der Waals surface area contributed by atoms with Crippen molar-refractivity contribution in [3.8, 4) is 0 Å². The Morgan fingerprint density at radius 1 is 1.28 bits per heavy atom. The summed E-state index contributed by atoms with van der Waals surface area (Å²) >= 11 is 1.47. The fourth-order valence-corrected chi connectivity index (χ4v) is 4.82. The van der Waals surface area contributed by atoms with E-state index in [0.29, 0.717) is 18.5 Å². The molecule has 2 N–H and O–H groups in total. The van der Waals surface area contributed by atoms with Crippen LogP contribution in [0.15, 0.2) is 18.2 Å². The van der Waals surface area contributed by atoms with Crippen LogP contribution in [0.2, 0.25) is 0 Å². The summed E-state index contributed by atoms with van der Waals surface area (Å²) in [6, 6.07) is 4.97. The number of nitrogens with one attached hydrogen (secondary N) is 2. The third-order valence-electron chi connectivity index (χ3n) is 4.72. The van der Waals surface area contributed by atoms with Crippen LogP contribution >= 0.6 is 11.3 Å². The van der Waals surface area contributed by atoms with Crippen molar-refractivity contribution in [2.45, 2.75) is 50.8 Å². The molecule has 1 aromatic heterocycles. The first-order chi connectivity index (χ1) is 11.8. The molecule has 1 aliphatic rings. The van der Waals surface area contributed by atoms with Gasteiger partial charge in [0.15, 0.2) is 5.13 Å². The average Bonchev–Trinajstić information content (AvgIpc) is 2.95. The van der Waals surface area contributed by atoms with Gasteiger partial charge >= 0.3 is 0 Å². The molecule has 0 spiro atoms. The van der Waals surface area contributed by atoms with Crippen molar-refractivity contribution in [3.05, 3.63) is 24.0 Å². The second-order valence-electron chi connectivity index (χ2n) is 6.94. The smallest absolute Gasteiger partial charge is 0.213 e. The van der Waals surface area contributed by atoms with Crippen molar-refractivity contribution in [2.75, 3.05) is 11.9 Å². The third-order valence-corrected chi connectivity index (χ3v) is 7.48. The van der Waals surface area contributed by atoms with Crippen LogP contribution in [0.5, 0.6) is 0 Å². The van der Waals surface area contributed by atoms with Crippen molar-refractivity contribution in [3.63, 3.8) is 0 Å². The lowest BCUT2D eigenvalue weighted by molar-refractivity contribution is 0.337. The van der Waals surface area contributed by atoms with Gasteiger partial charge in [0.05, 0.1) is 15.5 Å². The van der Waals surface area contributed by atoms with E-state index in [4.69, 9.17) is 0 Å². The summed E-state index contributed by atoms with van der Waals surface area (Å²) in [5.41, 5.74) is 0.811. The van der Waals surface area contributed by atoms with Gasteiger partial charge in [-0.05, 0) is 63.6 Å². The zero-order chi connectivity index (χ0) is 18.0. The number of fused-ring (bicyclic) bond motifs is 1. The molecule has 1 saturated carbocycles. The molecule has 0 aliphatic heterocycles. The highest BCUT2D eigenvalue weighted by atomic mass is 32.2. The molecular formula is C17H24FN3O2S2. The van der Waals surface area contributed by atoms with Gasteiger partial charge < -0.3 is 5.32 Å². The lowest BCUT2D eigenvalue weighted by Crippen LogP contribution is -2.37. The van der Waals surface area contributed by atoms with E-state index in [1.165, 1.54) is 23.5 Å². The predicted octanol–water partition coefficient (Wildman–Crippen LogP) is 3.73. The molecule has 1 aliphatic carbocycles. The molecule has 0 unspecified atom stereocenters. The Kier molecular flexibility index (Phi) is 5.60. The summed E-state index contributed by atoms with van der Waals surface area (Å²) in [4.78, 5) is 4.50. The van der Waals surface area contributed by atoms with Crippen LogP contribution in [-0.4, -0.2) is 31.2 Å². The Bertz CT molecular complexity index is 828. The normalized spacial score (nSPS) is 21.8. The molecule has 1 heterocycles. The zero-order valence-corrected chi connectivity index (χ0v) is 16.1. The standard InChI is InChI=1S/C17H24FN3O2S2/c1-11(2)25(22,23)19-10-12-3-6-14(7-4-12)20-17-21-15-8-5-13(18)9-16(15)24-17/h5,8-9,11-12,14,19H,3-4,6-7,10H2,1-2H3,(H,20,21)/t12-,14-. The maximum Gasteiger partial charge on any atom is 0.213 e. The molecular weight excluding hydrogens is 361 g/mol. The van der Waals surface area contributed by atoms with Gasteiger partial charge in [-0.2, -0.15) is 0 Å². The van der Waals surface area contributed by atoms with Crippen LogP contribution in [0.4, 0.5) is 9.52 Å². The van der Waals surface area contributed by atoms with Crippen molar-refractivity contribution in [1.29, 1.82) is 0 Å². The van der Waals surface area contributed by atoms with E-state index in [-0.39, 0.29) is 5.82 Å². The number of halogens is 1. The molecule has 0 amide bonds. The number of hydrogen-bond acceptors (Lipinski definition) is 5. The SMILES string of the molecule is CC(C)S(=O)(=O)NC[C@H]1CC[C@H](Nc2nc3ccc(F)cc3s2)CC1. The van der Waals surface area contributed by atoms with Crippen LogP contribution in [0.1, 0.15) is 39.5 Å². The average molecular weight is 386 g/mol. The Hall–Kier alpha value is -1.25. The van der Waals surface area contributed by atoms with E-state index in [0.717, 1.165) is 41.0 Å². The van der Waals surface area contributed by atoms with Gasteiger partial charge in [0.1, 0.15) is 5.82 Å². The van der Waals surface area contributed by atoms with Crippen molar-refractivity contribution in [2.24, 2.45) is 5.92 Å².